The van der Waals surface area contributed by atoms with Crippen molar-refractivity contribution < 1.29 is 13.2 Å². The van der Waals surface area contributed by atoms with Crippen LogP contribution in [0.3, 0.4) is 0 Å². The summed E-state index contributed by atoms with van der Waals surface area (Å²) in [6, 6.07) is 12.0. The first-order chi connectivity index (χ1) is 13.1. The molecule has 2 aromatic rings. The number of pyridine rings is 1. The van der Waals surface area contributed by atoms with Gasteiger partial charge >= 0.3 is 0 Å². The molecular weight excluding hydrogens is 362 g/mol. The normalized spacial score (nSPS) is 18.4. The molecule has 7 heteroatoms. The van der Waals surface area contributed by atoms with Gasteiger partial charge in [-0.1, -0.05) is 24.3 Å². The molecule has 0 radical (unpaired) electrons. The van der Waals surface area contributed by atoms with Gasteiger partial charge in [-0.3, -0.25) is 0 Å². The summed E-state index contributed by atoms with van der Waals surface area (Å²) in [5, 5.41) is 3.32. The lowest BCUT2D eigenvalue weighted by molar-refractivity contribution is 0.0730. The molecule has 2 heterocycles. The maximum Gasteiger partial charge on any atom is 0.244 e. The van der Waals surface area contributed by atoms with Crippen LogP contribution in [0.15, 0.2) is 47.5 Å². The number of morpholine rings is 1. The molecule has 2 aliphatic rings. The Kier molecular flexibility index (Phi) is 5.43. The lowest BCUT2D eigenvalue weighted by Gasteiger charge is -2.25. The van der Waals surface area contributed by atoms with E-state index in [-0.39, 0.29) is 4.90 Å². The number of anilines is 1. The molecule has 144 valence electrons. The summed E-state index contributed by atoms with van der Waals surface area (Å²) >= 11 is 0. The van der Waals surface area contributed by atoms with Gasteiger partial charge in [-0.15, -0.1) is 0 Å². The maximum absolute atomic E-state index is 12.6. The Hall–Kier alpha value is -1.96. The summed E-state index contributed by atoms with van der Waals surface area (Å²) in [7, 11) is -3.48. The molecular formula is C20H25N3O3S. The second-order valence-corrected chi connectivity index (χ2v) is 9.09. The average molecular weight is 388 g/mol. The topological polar surface area (TPSA) is 71.5 Å². The number of aromatic nitrogens is 1. The van der Waals surface area contributed by atoms with Crippen molar-refractivity contribution in [2.75, 3.05) is 38.2 Å². The number of benzene rings is 1. The first-order valence-electron chi connectivity index (χ1n) is 9.47. The van der Waals surface area contributed by atoms with Crippen LogP contribution in [0.2, 0.25) is 0 Å². The molecule has 1 aromatic carbocycles. The highest BCUT2D eigenvalue weighted by atomic mass is 32.2. The molecule has 0 bridgehead atoms. The summed E-state index contributed by atoms with van der Waals surface area (Å²) in [4.78, 5) is 4.53. The van der Waals surface area contributed by atoms with Crippen LogP contribution in [-0.4, -0.2) is 50.6 Å². The number of ether oxygens (including phenoxy) is 1. The van der Waals surface area contributed by atoms with E-state index in [0.717, 1.165) is 25.8 Å². The number of sulfonamides is 1. The van der Waals surface area contributed by atoms with Gasteiger partial charge in [0.25, 0.3) is 0 Å². The predicted octanol–water partition coefficient (Wildman–Crippen LogP) is 2.32. The molecule has 0 unspecified atom stereocenters. The van der Waals surface area contributed by atoms with Crippen LogP contribution in [0.5, 0.6) is 0 Å². The van der Waals surface area contributed by atoms with Gasteiger partial charge in [0, 0.05) is 25.8 Å². The Labute approximate surface area is 160 Å². The van der Waals surface area contributed by atoms with Crippen molar-refractivity contribution in [2.45, 2.75) is 24.2 Å². The predicted molar refractivity (Wildman–Crippen MR) is 104 cm³/mol. The molecule has 0 atom stereocenters. The summed E-state index contributed by atoms with van der Waals surface area (Å²) in [5.74, 6) is 1.38. The van der Waals surface area contributed by atoms with Crippen LogP contribution in [0.4, 0.5) is 5.82 Å². The molecule has 1 N–H and O–H groups in total. The number of hydrogen-bond acceptors (Lipinski definition) is 5. The van der Waals surface area contributed by atoms with E-state index in [4.69, 9.17) is 4.74 Å². The number of fused-ring (bicyclic) bond motifs is 1. The number of nitrogens with one attached hydrogen (secondary N) is 1. The van der Waals surface area contributed by atoms with Gasteiger partial charge < -0.3 is 10.1 Å². The fourth-order valence-corrected chi connectivity index (χ4v) is 5.19. The molecule has 6 nitrogen and oxygen atoms in total. The van der Waals surface area contributed by atoms with E-state index in [1.807, 2.05) is 0 Å². The molecule has 1 aliphatic carbocycles. The smallest absolute Gasteiger partial charge is 0.244 e. The van der Waals surface area contributed by atoms with Crippen LogP contribution in [0, 0.1) is 5.92 Å². The molecule has 0 amide bonds. The number of nitrogens with zero attached hydrogens (tertiary/aromatic N) is 2. The second-order valence-electron chi connectivity index (χ2n) is 7.15. The van der Waals surface area contributed by atoms with E-state index in [1.165, 1.54) is 21.6 Å². The van der Waals surface area contributed by atoms with Crippen molar-refractivity contribution in [1.82, 2.24) is 9.29 Å². The van der Waals surface area contributed by atoms with E-state index in [1.54, 1.807) is 12.1 Å². The molecule has 1 aromatic heterocycles. The highest BCUT2D eigenvalue weighted by molar-refractivity contribution is 7.89. The largest absolute Gasteiger partial charge is 0.379 e. The van der Waals surface area contributed by atoms with E-state index < -0.39 is 10.0 Å². The van der Waals surface area contributed by atoms with Crippen molar-refractivity contribution >= 4 is 15.8 Å². The highest BCUT2D eigenvalue weighted by Gasteiger charge is 2.26. The maximum atomic E-state index is 12.6. The van der Waals surface area contributed by atoms with Crippen molar-refractivity contribution in [3.8, 4) is 0 Å². The van der Waals surface area contributed by atoms with E-state index in [2.05, 4.69) is 34.6 Å². The summed E-state index contributed by atoms with van der Waals surface area (Å²) in [6.45, 7) is 2.51. The molecule has 27 heavy (non-hydrogen) atoms. The minimum Gasteiger partial charge on any atom is -0.379 e. The molecule has 1 aliphatic heterocycles. The summed E-state index contributed by atoms with van der Waals surface area (Å²) in [5.41, 5.74) is 2.94. The van der Waals surface area contributed by atoms with Crippen LogP contribution in [0.25, 0.3) is 0 Å². The van der Waals surface area contributed by atoms with E-state index >= 15 is 0 Å². The standard InChI is InChI=1S/C20H25N3O3S/c24-27(25,23-9-11-26-12-10-23)19-5-6-20(22-15-19)21-8-7-16-13-17-3-1-2-4-18(17)14-16/h1-6,15-16H,7-14H2,(H,21,22). The Morgan fingerprint density at radius 2 is 1.78 bits per heavy atom. The van der Waals surface area contributed by atoms with Gasteiger partial charge in [-0.05, 0) is 48.4 Å². The molecule has 0 saturated carbocycles. The highest BCUT2D eigenvalue weighted by Crippen LogP contribution is 2.28. The van der Waals surface area contributed by atoms with Crippen molar-refractivity contribution in [1.29, 1.82) is 0 Å². The van der Waals surface area contributed by atoms with Gasteiger partial charge in [0.1, 0.15) is 10.7 Å². The zero-order valence-corrected chi connectivity index (χ0v) is 16.1. The Balaban J connectivity index is 1.30. The number of hydrogen-bond donors (Lipinski definition) is 1. The Bertz CT molecular complexity index is 853. The average Bonchev–Trinajstić information content (AvgIpc) is 3.12. The minimum atomic E-state index is -3.48. The van der Waals surface area contributed by atoms with E-state index in [0.29, 0.717) is 38.0 Å². The van der Waals surface area contributed by atoms with Crippen LogP contribution in [0.1, 0.15) is 17.5 Å². The third-order valence-corrected chi connectivity index (χ3v) is 7.22. The lowest BCUT2D eigenvalue weighted by atomic mass is 10.0. The zero-order valence-electron chi connectivity index (χ0n) is 15.3. The fourth-order valence-electron chi connectivity index (χ4n) is 3.83. The van der Waals surface area contributed by atoms with Crippen LogP contribution in [-0.2, 0) is 27.6 Å². The third-order valence-electron chi connectivity index (χ3n) is 5.34. The summed E-state index contributed by atoms with van der Waals surface area (Å²) in [6.07, 6.45) is 4.80. The number of rotatable bonds is 6. The van der Waals surface area contributed by atoms with Crippen molar-refractivity contribution in [3.05, 3.63) is 53.7 Å². The van der Waals surface area contributed by atoms with Crippen LogP contribution < -0.4 is 5.32 Å². The van der Waals surface area contributed by atoms with Crippen molar-refractivity contribution in [3.63, 3.8) is 0 Å². The SMILES string of the molecule is O=S(=O)(c1ccc(NCCC2Cc3ccccc3C2)nc1)N1CCOCC1. The van der Waals surface area contributed by atoms with Gasteiger partial charge in [0.05, 0.1) is 13.2 Å². The van der Waals surface area contributed by atoms with Gasteiger partial charge in [0.15, 0.2) is 0 Å². The summed E-state index contributed by atoms with van der Waals surface area (Å²) < 4.78 is 31.9. The molecule has 4 rings (SSSR count). The van der Waals surface area contributed by atoms with E-state index in [9.17, 15) is 8.42 Å². The molecule has 1 fully saturated rings. The Morgan fingerprint density at radius 1 is 1.07 bits per heavy atom. The van der Waals surface area contributed by atoms with Gasteiger partial charge in [-0.2, -0.15) is 4.31 Å². The first-order valence-corrected chi connectivity index (χ1v) is 10.9. The van der Waals surface area contributed by atoms with Crippen molar-refractivity contribution in [2.24, 2.45) is 5.92 Å². The monoisotopic (exact) mass is 387 g/mol. The van der Waals surface area contributed by atoms with Gasteiger partial charge in [-0.25, -0.2) is 13.4 Å². The van der Waals surface area contributed by atoms with Gasteiger partial charge in [0.2, 0.25) is 10.0 Å². The third kappa shape index (κ3) is 4.15. The van der Waals surface area contributed by atoms with Crippen LogP contribution >= 0.6 is 0 Å². The second kappa shape index (κ2) is 7.96. The lowest BCUT2D eigenvalue weighted by Crippen LogP contribution is -2.40. The molecule has 1 saturated heterocycles. The quantitative estimate of drug-likeness (QED) is 0.824. The minimum absolute atomic E-state index is 0.237. The fraction of sp³-hybridized carbons (Fsp3) is 0.450. The zero-order chi connectivity index (χ0) is 18.7. The Morgan fingerprint density at radius 3 is 2.41 bits per heavy atom. The molecule has 0 spiro atoms. The first kappa shape index (κ1) is 18.4.